The Hall–Kier alpha value is -3.91. The molecule has 3 aromatic carbocycles. The van der Waals surface area contributed by atoms with Gasteiger partial charge in [-0.2, -0.15) is 5.10 Å². The maximum Gasteiger partial charge on any atom is 0.308 e. The van der Waals surface area contributed by atoms with Crippen molar-refractivity contribution < 1.29 is 19.1 Å². The van der Waals surface area contributed by atoms with E-state index in [2.05, 4.69) is 10.5 Å². The average molecular weight is 474 g/mol. The van der Waals surface area contributed by atoms with Crippen molar-refractivity contribution in [3.8, 4) is 5.75 Å². The van der Waals surface area contributed by atoms with Crippen molar-refractivity contribution in [3.63, 3.8) is 0 Å². The third-order valence-electron chi connectivity index (χ3n) is 5.14. The van der Waals surface area contributed by atoms with E-state index >= 15 is 0 Å². The van der Waals surface area contributed by atoms with Gasteiger partial charge in [-0.1, -0.05) is 42.5 Å². The van der Waals surface area contributed by atoms with E-state index < -0.39 is 0 Å². The van der Waals surface area contributed by atoms with E-state index in [1.165, 1.54) is 13.1 Å². The number of nitrogens with zero attached hydrogens (tertiary/aromatic N) is 2. The predicted molar refractivity (Wildman–Crippen MR) is 131 cm³/mol. The topological polar surface area (TPSA) is 88.1 Å². The quantitative estimate of drug-likeness (QED) is 0.241. The fourth-order valence-corrected chi connectivity index (χ4v) is 4.69. The summed E-state index contributed by atoms with van der Waals surface area (Å²) in [5, 5.41) is 3.90. The fourth-order valence-electron chi connectivity index (χ4n) is 3.50. The van der Waals surface area contributed by atoms with Crippen LogP contribution in [0.5, 0.6) is 5.75 Å². The van der Waals surface area contributed by atoms with Crippen LogP contribution in [-0.2, 0) is 16.1 Å². The van der Waals surface area contributed by atoms with E-state index in [0.717, 1.165) is 16.7 Å². The molecule has 1 atom stereocenters. The number of hydrogen-bond donors (Lipinski definition) is 1. The number of rotatable bonds is 7. The van der Waals surface area contributed by atoms with Gasteiger partial charge in [0.1, 0.15) is 11.1 Å². The number of hydrogen-bond acceptors (Lipinski definition) is 6. The molecule has 0 aromatic heterocycles. The monoisotopic (exact) mass is 473 g/mol. The second kappa shape index (κ2) is 10.8. The van der Waals surface area contributed by atoms with Gasteiger partial charge in [-0.15, -0.1) is 11.8 Å². The number of carbonyl (C=O) groups excluding carboxylic acids is 3. The smallest absolute Gasteiger partial charge is 0.308 e. The van der Waals surface area contributed by atoms with E-state index in [-0.39, 0.29) is 23.2 Å². The van der Waals surface area contributed by atoms with Crippen molar-refractivity contribution in [2.45, 2.75) is 18.8 Å². The molecule has 0 bridgehead atoms. The Balaban J connectivity index is 1.36. The normalized spacial score (nSPS) is 15.5. The zero-order valence-corrected chi connectivity index (χ0v) is 19.3. The first-order valence-corrected chi connectivity index (χ1v) is 11.7. The van der Waals surface area contributed by atoms with Crippen LogP contribution >= 0.6 is 11.8 Å². The number of nitrogens with one attached hydrogen (secondary N) is 1. The number of carbonyl (C=O) groups is 3. The average Bonchev–Trinajstić information content (AvgIpc) is 3.20. The van der Waals surface area contributed by atoms with Gasteiger partial charge < -0.3 is 9.64 Å². The molecule has 0 spiro atoms. The lowest BCUT2D eigenvalue weighted by molar-refractivity contribution is -0.132. The molecule has 1 heterocycles. The van der Waals surface area contributed by atoms with Crippen LogP contribution in [0, 0.1) is 0 Å². The zero-order chi connectivity index (χ0) is 23.9. The van der Waals surface area contributed by atoms with Gasteiger partial charge in [-0.3, -0.25) is 14.4 Å². The first-order chi connectivity index (χ1) is 16.5. The predicted octanol–water partition coefficient (Wildman–Crippen LogP) is 4.15. The maximum atomic E-state index is 12.4. The molecule has 7 nitrogen and oxygen atoms in total. The third kappa shape index (κ3) is 5.90. The highest BCUT2D eigenvalue weighted by Gasteiger charge is 2.32. The largest absolute Gasteiger partial charge is 0.427 e. The van der Waals surface area contributed by atoms with Crippen molar-refractivity contribution in [2.75, 3.05) is 5.75 Å². The Kier molecular flexibility index (Phi) is 7.39. The maximum absolute atomic E-state index is 12.4. The van der Waals surface area contributed by atoms with Crippen molar-refractivity contribution in [3.05, 3.63) is 101 Å². The standard InChI is InChI=1S/C26H23N3O4S/c1-18(30)33-23-13-7-19(8-14-23)15-27-28-25(32)21-9-11-22(12-10-21)26-29(24(31)17-34-26)16-20-5-3-2-4-6-20/h2-15,26H,16-17H2,1H3,(H,28,32)/b27-15-/t26-/m1/s1. The highest BCUT2D eigenvalue weighted by atomic mass is 32.2. The molecule has 8 heteroatoms. The molecule has 1 fully saturated rings. The molecule has 0 unspecified atom stereocenters. The zero-order valence-electron chi connectivity index (χ0n) is 18.5. The molecule has 2 amide bonds. The molecule has 1 aliphatic heterocycles. The summed E-state index contributed by atoms with van der Waals surface area (Å²) in [6, 6.07) is 23.9. The summed E-state index contributed by atoms with van der Waals surface area (Å²) < 4.78 is 4.98. The Morgan fingerprint density at radius 1 is 1.06 bits per heavy atom. The van der Waals surface area contributed by atoms with Gasteiger partial charge in [0.2, 0.25) is 5.91 Å². The molecule has 0 saturated carbocycles. The number of benzene rings is 3. The van der Waals surface area contributed by atoms with Gasteiger partial charge in [0.05, 0.1) is 12.0 Å². The van der Waals surface area contributed by atoms with E-state index in [0.29, 0.717) is 23.6 Å². The number of ether oxygens (including phenoxy) is 1. The number of hydrazone groups is 1. The number of thioether (sulfide) groups is 1. The van der Waals surface area contributed by atoms with Gasteiger partial charge in [-0.25, -0.2) is 5.43 Å². The van der Waals surface area contributed by atoms with Crippen LogP contribution in [0.2, 0.25) is 0 Å². The second-order valence-corrected chi connectivity index (χ2v) is 8.72. The summed E-state index contributed by atoms with van der Waals surface area (Å²) >= 11 is 1.59. The minimum atomic E-state index is -0.387. The molecule has 1 saturated heterocycles. The molecule has 1 aliphatic rings. The lowest BCUT2D eigenvalue weighted by Gasteiger charge is -2.24. The van der Waals surface area contributed by atoms with E-state index in [1.807, 2.05) is 47.4 Å². The van der Waals surface area contributed by atoms with Crippen molar-refractivity contribution in [2.24, 2.45) is 5.10 Å². The summed E-state index contributed by atoms with van der Waals surface area (Å²) in [4.78, 5) is 37.7. The number of amides is 2. The van der Waals surface area contributed by atoms with E-state index in [4.69, 9.17) is 4.74 Å². The summed E-state index contributed by atoms with van der Waals surface area (Å²) in [6.45, 7) is 1.89. The molecule has 172 valence electrons. The molecular weight excluding hydrogens is 450 g/mol. The van der Waals surface area contributed by atoms with Gasteiger partial charge in [0.25, 0.3) is 5.91 Å². The molecule has 34 heavy (non-hydrogen) atoms. The van der Waals surface area contributed by atoms with E-state index in [9.17, 15) is 14.4 Å². The van der Waals surface area contributed by atoms with Gasteiger partial charge >= 0.3 is 5.97 Å². The van der Waals surface area contributed by atoms with Gasteiger partial charge in [0, 0.05) is 19.0 Å². The Labute approximate surface area is 201 Å². The summed E-state index contributed by atoms with van der Waals surface area (Å²) in [5.41, 5.74) is 5.77. The summed E-state index contributed by atoms with van der Waals surface area (Å²) in [5.74, 6) is 0.266. The van der Waals surface area contributed by atoms with Crippen LogP contribution < -0.4 is 10.2 Å². The van der Waals surface area contributed by atoms with Crippen molar-refractivity contribution in [1.29, 1.82) is 0 Å². The Bertz CT molecular complexity index is 1190. The summed E-state index contributed by atoms with van der Waals surface area (Å²) in [6.07, 6.45) is 1.51. The SMILES string of the molecule is CC(=O)Oc1ccc(/C=N\NC(=O)c2ccc([C@H]3SCC(=O)N3Cc3ccccc3)cc2)cc1. The lowest BCUT2D eigenvalue weighted by atomic mass is 10.1. The van der Waals surface area contributed by atoms with Crippen LogP contribution in [0.15, 0.2) is 84.0 Å². The third-order valence-corrected chi connectivity index (χ3v) is 6.40. The highest BCUT2D eigenvalue weighted by Crippen LogP contribution is 2.39. The lowest BCUT2D eigenvalue weighted by Crippen LogP contribution is -2.27. The van der Waals surface area contributed by atoms with Gasteiger partial charge in [-0.05, 0) is 53.1 Å². The molecular formula is C26H23N3O4S. The Morgan fingerprint density at radius 2 is 1.76 bits per heavy atom. The fraction of sp³-hybridized carbons (Fsp3) is 0.154. The minimum absolute atomic E-state index is 0.0854. The van der Waals surface area contributed by atoms with Crippen LogP contribution in [0.3, 0.4) is 0 Å². The van der Waals surface area contributed by atoms with Crippen LogP contribution in [-0.4, -0.2) is 34.7 Å². The first-order valence-electron chi connectivity index (χ1n) is 10.7. The van der Waals surface area contributed by atoms with Crippen LogP contribution in [0.4, 0.5) is 0 Å². The summed E-state index contributed by atoms with van der Waals surface area (Å²) in [7, 11) is 0. The Morgan fingerprint density at radius 3 is 2.44 bits per heavy atom. The second-order valence-electron chi connectivity index (χ2n) is 7.65. The minimum Gasteiger partial charge on any atom is -0.427 e. The van der Waals surface area contributed by atoms with Crippen LogP contribution in [0.25, 0.3) is 0 Å². The molecule has 0 aliphatic carbocycles. The number of esters is 1. The molecule has 0 radical (unpaired) electrons. The van der Waals surface area contributed by atoms with Gasteiger partial charge in [0.15, 0.2) is 0 Å². The van der Waals surface area contributed by atoms with Crippen LogP contribution in [0.1, 0.15) is 39.3 Å². The van der Waals surface area contributed by atoms with E-state index in [1.54, 1.807) is 48.2 Å². The first kappa shape index (κ1) is 23.3. The molecule has 1 N–H and O–H groups in total. The van der Waals surface area contributed by atoms with Crippen molar-refractivity contribution >= 4 is 35.8 Å². The molecule has 3 aromatic rings. The highest BCUT2D eigenvalue weighted by molar-refractivity contribution is 8.00. The van der Waals surface area contributed by atoms with Crippen molar-refractivity contribution in [1.82, 2.24) is 10.3 Å². The molecule has 4 rings (SSSR count).